The number of carbonyl (C=O) groups is 1. The molecule has 1 aromatic rings. The monoisotopic (exact) mass is 314 g/mol. The smallest absolute Gasteiger partial charge is 0.237 e. The molecule has 114 valence electrons. The zero-order chi connectivity index (χ0) is 15.6. The van der Waals surface area contributed by atoms with Crippen molar-refractivity contribution in [2.45, 2.75) is 19.8 Å². The van der Waals surface area contributed by atoms with E-state index in [0.29, 0.717) is 26.1 Å². The molecular weight excluding hydrogens is 298 g/mol. The number of amides is 1. The van der Waals surface area contributed by atoms with Crippen LogP contribution in [0.3, 0.4) is 0 Å². The van der Waals surface area contributed by atoms with Crippen LogP contribution < -0.4 is 11.1 Å². The lowest BCUT2D eigenvalue weighted by molar-refractivity contribution is -0.126. The lowest BCUT2D eigenvalue weighted by Crippen LogP contribution is -2.49. The molecule has 1 aliphatic rings. The molecule has 0 saturated carbocycles. The summed E-state index contributed by atoms with van der Waals surface area (Å²) in [7, 11) is 0. The number of rotatable bonds is 3. The zero-order valence-corrected chi connectivity index (χ0v) is 12.4. The Hall–Kier alpha value is -1.60. The number of aryl methyl sites for hydroxylation is 1. The van der Waals surface area contributed by atoms with E-state index in [1.165, 1.54) is 13.0 Å². The summed E-state index contributed by atoms with van der Waals surface area (Å²) in [6.07, 6.45) is 0.590. The summed E-state index contributed by atoms with van der Waals surface area (Å²) in [5.74, 6) is -2.23. The number of anilines is 1. The number of benzene rings is 1. The van der Waals surface area contributed by atoms with Crippen molar-refractivity contribution >= 4 is 28.8 Å². The first-order valence-corrected chi connectivity index (χ1v) is 6.93. The van der Waals surface area contributed by atoms with Crippen LogP contribution in [0.5, 0.6) is 0 Å². The number of halogens is 2. The van der Waals surface area contributed by atoms with E-state index in [1.807, 2.05) is 0 Å². The van der Waals surface area contributed by atoms with Gasteiger partial charge in [-0.25, -0.2) is 8.78 Å². The van der Waals surface area contributed by atoms with Gasteiger partial charge in [0.2, 0.25) is 5.91 Å². The topological polar surface area (TPSA) is 64.4 Å². The van der Waals surface area contributed by atoms with Gasteiger partial charge in [-0.1, -0.05) is 18.3 Å². The van der Waals surface area contributed by atoms with Crippen LogP contribution in [0.15, 0.2) is 12.1 Å². The predicted molar refractivity (Wildman–Crippen MR) is 79.0 cm³/mol. The van der Waals surface area contributed by atoms with Gasteiger partial charge >= 0.3 is 0 Å². The van der Waals surface area contributed by atoms with Gasteiger partial charge in [-0.3, -0.25) is 4.79 Å². The average Bonchev–Trinajstić information content (AvgIpc) is 2.48. The van der Waals surface area contributed by atoms with E-state index in [2.05, 4.69) is 5.32 Å². The highest BCUT2D eigenvalue weighted by atomic mass is 32.1. The molecule has 0 aliphatic carbocycles. The van der Waals surface area contributed by atoms with E-state index in [4.69, 9.17) is 22.7 Å². The van der Waals surface area contributed by atoms with Gasteiger partial charge in [0.25, 0.3) is 0 Å². The molecule has 1 saturated heterocycles. The molecule has 7 heteroatoms. The van der Waals surface area contributed by atoms with Crippen molar-refractivity contribution in [1.29, 1.82) is 0 Å². The number of nitrogens with one attached hydrogen (secondary N) is 1. The molecule has 0 atom stereocenters. The maximum Gasteiger partial charge on any atom is 0.237 e. The number of hydrogen-bond donors (Lipinski definition) is 2. The van der Waals surface area contributed by atoms with E-state index in [9.17, 15) is 13.6 Å². The first-order valence-electron chi connectivity index (χ1n) is 6.52. The van der Waals surface area contributed by atoms with Gasteiger partial charge in [0.1, 0.15) is 16.9 Å². The summed E-state index contributed by atoms with van der Waals surface area (Å²) in [5.41, 5.74) is 4.33. The highest BCUT2D eigenvalue weighted by Crippen LogP contribution is 2.33. The molecule has 0 unspecified atom stereocenters. The molecule has 0 bridgehead atoms. The minimum Gasteiger partial charge on any atom is -0.392 e. The highest BCUT2D eigenvalue weighted by molar-refractivity contribution is 7.80. The largest absolute Gasteiger partial charge is 0.392 e. The fraction of sp³-hybridized carbons (Fsp3) is 0.429. The molecule has 0 aromatic heterocycles. The molecule has 4 nitrogen and oxygen atoms in total. The van der Waals surface area contributed by atoms with Crippen molar-refractivity contribution in [1.82, 2.24) is 0 Å². The van der Waals surface area contributed by atoms with Gasteiger partial charge in [0, 0.05) is 13.2 Å². The summed E-state index contributed by atoms with van der Waals surface area (Å²) in [6.45, 7) is 2.13. The second-order valence-corrected chi connectivity index (χ2v) is 5.51. The first-order chi connectivity index (χ1) is 9.88. The number of nitrogens with two attached hydrogens (primary N) is 1. The fourth-order valence-corrected chi connectivity index (χ4v) is 2.61. The first kappa shape index (κ1) is 15.8. The van der Waals surface area contributed by atoms with Gasteiger partial charge in [-0.2, -0.15) is 0 Å². The van der Waals surface area contributed by atoms with E-state index in [1.54, 1.807) is 0 Å². The standard InChI is InChI=1S/C14H16F2N2O2S/c1-8-2-3-9(15)11(10(8)16)18-13(19)14(12(17)21)4-6-20-7-5-14/h2-3H,4-7H2,1H3,(H2,17,21)(H,18,19). The second kappa shape index (κ2) is 6.03. The Kier molecular flexibility index (Phi) is 4.53. The van der Waals surface area contributed by atoms with E-state index < -0.39 is 28.6 Å². The van der Waals surface area contributed by atoms with Gasteiger partial charge < -0.3 is 15.8 Å². The van der Waals surface area contributed by atoms with Crippen LogP contribution in [0.4, 0.5) is 14.5 Å². The molecule has 0 spiro atoms. The van der Waals surface area contributed by atoms with Crippen LogP contribution in [0.1, 0.15) is 18.4 Å². The SMILES string of the molecule is Cc1ccc(F)c(NC(=O)C2(C(N)=S)CCOCC2)c1F. The summed E-state index contributed by atoms with van der Waals surface area (Å²) >= 11 is 4.99. The Bertz CT molecular complexity index is 587. The summed E-state index contributed by atoms with van der Waals surface area (Å²) in [4.78, 5) is 12.5. The Morgan fingerprint density at radius 2 is 2.00 bits per heavy atom. The molecule has 1 aliphatic heterocycles. The van der Waals surface area contributed by atoms with Crippen LogP contribution in [0.2, 0.25) is 0 Å². The summed E-state index contributed by atoms with van der Waals surface area (Å²) in [5, 5.41) is 2.30. The Balaban J connectivity index is 2.32. The number of ether oxygens (including phenoxy) is 1. The molecule has 3 N–H and O–H groups in total. The van der Waals surface area contributed by atoms with Crippen molar-refractivity contribution < 1.29 is 18.3 Å². The van der Waals surface area contributed by atoms with Crippen molar-refractivity contribution in [2.75, 3.05) is 18.5 Å². The normalized spacial score (nSPS) is 17.3. The van der Waals surface area contributed by atoms with Crippen LogP contribution in [0.25, 0.3) is 0 Å². The molecular formula is C14H16F2N2O2S. The summed E-state index contributed by atoms with van der Waals surface area (Å²) in [6, 6.07) is 2.41. The molecule has 1 fully saturated rings. The quantitative estimate of drug-likeness (QED) is 0.840. The van der Waals surface area contributed by atoms with Gasteiger partial charge in [-0.05, 0) is 31.4 Å². The molecule has 21 heavy (non-hydrogen) atoms. The third kappa shape index (κ3) is 2.89. The molecule has 0 radical (unpaired) electrons. The van der Waals surface area contributed by atoms with Crippen molar-refractivity contribution in [3.8, 4) is 0 Å². The van der Waals surface area contributed by atoms with Crippen molar-refractivity contribution in [3.63, 3.8) is 0 Å². The van der Waals surface area contributed by atoms with Crippen molar-refractivity contribution in [2.24, 2.45) is 11.1 Å². The van der Waals surface area contributed by atoms with Crippen LogP contribution in [-0.4, -0.2) is 24.1 Å². The van der Waals surface area contributed by atoms with Gasteiger partial charge in [-0.15, -0.1) is 0 Å². The van der Waals surface area contributed by atoms with Gasteiger partial charge in [0.05, 0.1) is 4.99 Å². The maximum atomic E-state index is 14.0. The van der Waals surface area contributed by atoms with Crippen LogP contribution in [0, 0.1) is 24.0 Å². The summed E-state index contributed by atoms with van der Waals surface area (Å²) < 4.78 is 32.9. The zero-order valence-electron chi connectivity index (χ0n) is 11.5. The Labute approximate surface area is 126 Å². The van der Waals surface area contributed by atoms with Crippen LogP contribution in [-0.2, 0) is 9.53 Å². The second-order valence-electron chi connectivity index (χ2n) is 5.07. The lowest BCUT2D eigenvalue weighted by Gasteiger charge is -2.34. The maximum absolute atomic E-state index is 14.0. The Morgan fingerprint density at radius 1 is 1.38 bits per heavy atom. The minimum absolute atomic E-state index is 0.0109. The minimum atomic E-state index is -1.13. The van der Waals surface area contributed by atoms with Gasteiger partial charge in [0.15, 0.2) is 5.82 Å². The fourth-order valence-electron chi connectivity index (χ4n) is 2.31. The molecule has 1 heterocycles. The number of carbonyl (C=O) groups excluding carboxylic acids is 1. The van der Waals surface area contributed by atoms with Crippen LogP contribution >= 0.6 is 12.2 Å². The third-order valence-electron chi connectivity index (χ3n) is 3.78. The van der Waals surface area contributed by atoms with Crippen molar-refractivity contribution in [3.05, 3.63) is 29.3 Å². The number of hydrogen-bond acceptors (Lipinski definition) is 3. The number of thiocarbonyl (C=S) groups is 1. The van der Waals surface area contributed by atoms with E-state index in [-0.39, 0.29) is 10.6 Å². The third-order valence-corrected chi connectivity index (χ3v) is 4.17. The van der Waals surface area contributed by atoms with E-state index in [0.717, 1.165) is 6.07 Å². The lowest BCUT2D eigenvalue weighted by atomic mass is 9.79. The highest BCUT2D eigenvalue weighted by Gasteiger charge is 2.43. The molecule has 1 aromatic carbocycles. The Morgan fingerprint density at radius 3 is 2.57 bits per heavy atom. The van der Waals surface area contributed by atoms with E-state index >= 15 is 0 Å². The average molecular weight is 314 g/mol. The molecule has 2 rings (SSSR count). The molecule has 1 amide bonds. The predicted octanol–water partition coefficient (Wildman–Crippen LogP) is 2.29.